The highest BCUT2D eigenvalue weighted by molar-refractivity contribution is 6.05. The van der Waals surface area contributed by atoms with Crippen molar-refractivity contribution < 1.29 is 9.53 Å². The molecule has 0 aliphatic carbocycles. The molecule has 3 aromatic heterocycles. The molecule has 0 saturated carbocycles. The van der Waals surface area contributed by atoms with Crippen LogP contribution in [0.1, 0.15) is 61.0 Å². The van der Waals surface area contributed by atoms with E-state index in [1.54, 1.807) is 12.1 Å². The second-order valence-corrected chi connectivity index (χ2v) is 16.5. The summed E-state index contributed by atoms with van der Waals surface area (Å²) < 4.78 is 4.95. The Morgan fingerprint density at radius 3 is 1.27 bits per heavy atom. The molecular weight excluding hydrogens is 785 g/mol. The minimum absolute atomic E-state index is 0.391. The lowest BCUT2D eigenvalue weighted by Gasteiger charge is -2.08. The second-order valence-electron chi connectivity index (χ2n) is 16.5. The lowest BCUT2D eigenvalue weighted by molar-refractivity contribution is 0.0600. The number of benzene rings is 5. The van der Waals surface area contributed by atoms with E-state index in [0.717, 1.165) is 112 Å². The van der Waals surface area contributed by atoms with Crippen molar-refractivity contribution in [1.29, 1.82) is 0 Å². The van der Waals surface area contributed by atoms with E-state index in [1.807, 2.05) is 12.1 Å². The summed E-state index contributed by atoms with van der Waals surface area (Å²) in [6.45, 7) is 8.41. The van der Waals surface area contributed by atoms with Crippen molar-refractivity contribution in [3.63, 3.8) is 0 Å². The molecule has 5 heterocycles. The number of ether oxygens (including phenoxy) is 1. The van der Waals surface area contributed by atoms with Gasteiger partial charge in [0.25, 0.3) is 0 Å². The highest BCUT2D eigenvalue weighted by Crippen LogP contribution is 2.40. The largest absolute Gasteiger partial charge is 0.465 e. The van der Waals surface area contributed by atoms with Crippen molar-refractivity contribution in [3.8, 4) is 56.3 Å². The number of methoxy groups -OCH3 is 1. The Kier molecular flexibility index (Phi) is 10.3. The number of aromatic amines is 2. The fourth-order valence-corrected chi connectivity index (χ4v) is 8.42. The zero-order chi connectivity index (χ0) is 43.9. The van der Waals surface area contributed by atoms with E-state index in [-0.39, 0.29) is 0 Å². The van der Waals surface area contributed by atoms with Gasteiger partial charge < -0.3 is 14.7 Å². The number of H-pyrrole nitrogens is 2. The van der Waals surface area contributed by atoms with Gasteiger partial charge in [0.15, 0.2) is 0 Å². The quantitative estimate of drug-likeness (QED) is 0.134. The molecule has 10 rings (SSSR count). The fraction of sp³-hybridized carbons (Fsp3) is 0.0862. The van der Waals surface area contributed by atoms with Gasteiger partial charge in [0.2, 0.25) is 0 Å². The number of aryl methyl sites for hydroxylation is 4. The first-order valence-electron chi connectivity index (χ1n) is 21.4. The van der Waals surface area contributed by atoms with Crippen molar-refractivity contribution in [1.82, 2.24) is 19.9 Å². The summed E-state index contributed by atoms with van der Waals surface area (Å²) in [5.74, 6) is 6.55. The van der Waals surface area contributed by atoms with Crippen LogP contribution in [-0.2, 0) is 4.74 Å². The number of carbonyl (C=O) groups excluding carboxylic acids is 1. The van der Waals surface area contributed by atoms with Crippen molar-refractivity contribution in [2.45, 2.75) is 27.7 Å². The molecular formula is C58H44N4O2. The summed E-state index contributed by atoms with van der Waals surface area (Å²) in [5, 5.41) is 0. The Morgan fingerprint density at radius 1 is 0.453 bits per heavy atom. The number of nitrogens with zero attached hydrogens (tertiary/aromatic N) is 2. The fourth-order valence-electron chi connectivity index (χ4n) is 8.42. The van der Waals surface area contributed by atoms with Crippen LogP contribution in [0, 0.1) is 39.5 Å². The zero-order valence-corrected chi connectivity index (χ0v) is 36.3. The molecule has 64 heavy (non-hydrogen) atoms. The van der Waals surface area contributed by atoms with Crippen molar-refractivity contribution in [2.24, 2.45) is 0 Å². The lowest BCUT2D eigenvalue weighted by Crippen LogP contribution is -2.00. The standard InChI is InChI=1S/C58H44N4O2/c1-35-6-17-40(18-7-35)53-46-28-29-47(59-46)54(41-19-8-36(2)9-20-41)49-32-33-51(61-49)56(43-23-12-38(4)13-24-43)57-45(27-16-39-14-25-44(26-15-39)58(63)64-5)34-52(62-57)55(50-31-30-48(53)60-50)42-21-10-37(3)11-22-42/h6-15,17-26,28-34,60-61H,1-5H3. The smallest absolute Gasteiger partial charge is 0.337 e. The molecule has 0 atom stereocenters. The molecule has 2 aliphatic rings. The summed E-state index contributed by atoms with van der Waals surface area (Å²) >= 11 is 0. The number of allylic oxidation sites excluding steroid dienone is 1. The molecule has 0 amide bonds. The Labute approximate surface area is 372 Å². The van der Waals surface area contributed by atoms with Gasteiger partial charge in [0.05, 0.1) is 41.0 Å². The van der Waals surface area contributed by atoms with Crippen molar-refractivity contribution in [3.05, 3.63) is 202 Å². The highest BCUT2D eigenvalue weighted by Gasteiger charge is 2.22. The Morgan fingerprint density at radius 2 is 0.844 bits per heavy atom. The maximum absolute atomic E-state index is 12.3. The van der Waals surface area contributed by atoms with Gasteiger partial charge in [-0.05, 0) is 117 Å². The van der Waals surface area contributed by atoms with Gasteiger partial charge in [-0.25, -0.2) is 14.8 Å². The molecule has 6 heteroatoms. The summed E-state index contributed by atoms with van der Waals surface area (Å²) in [7, 11) is 1.38. The van der Waals surface area contributed by atoms with E-state index < -0.39 is 5.97 Å². The molecule has 2 N–H and O–H groups in total. The second kappa shape index (κ2) is 16.5. The van der Waals surface area contributed by atoms with Crippen LogP contribution in [0.25, 0.3) is 90.4 Å². The van der Waals surface area contributed by atoms with Crippen LogP contribution >= 0.6 is 0 Å². The SMILES string of the molecule is COC(=O)c1ccc(C#CC2=Cc3nc2c(-c2ccc(C)cc2)c2ccc([nH]2)c(-c2ccc(C)cc2)c2nc(c(-c4ccc(C)cc4)c4ccc([nH]4)c3-c3ccc(C)cc3)C=C2)cc1. The molecule has 308 valence electrons. The molecule has 0 unspecified atom stereocenters. The van der Waals surface area contributed by atoms with E-state index in [2.05, 4.69) is 189 Å². The predicted molar refractivity (Wildman–Crippen MR) is 263 cm³/mol. The molecule has 0 radical (unpaired) electrons. The summed E-state index contributed by atoms with van der Waals surface area (Å²) in [4.78, 5) is 31.1. The van der Waals surface area contributed by atoms with E-state index in [4.69, 9.17) is 14.7 Å². The number of hydrogen-bond donors (Lipinski definition) is 2. The predicted octanol–water partition coefficient (Wildman–Crippen LogP) is 13.8. The number of hydrogen-bond acceptors (Lipinski definition) is 4. The minimum atomic E-state index is -0.391. The number of carbonyl (C=O) groups is 1. The monoisotopic (exact) mass is 828 g/mol. The molecule has 5 aromatic carbocycles. The molecule has 0 fully saturated rings. The third-order valence-electron chi connectivity index (χ3n) is 11.9. The van der Waals surface area contributed by atoms with Crippen LogP contribution in [0.2, 0.25) is 0 Å². The Balaban J connectivity index is 1.37. The Hall–Kier alpha value is -8.27. The molecule has 6 nitrogen and oxygen atoms in total. The zero-order valence-electron chi connectivity index (χ0n) is 36.3. The maximum atomic E-state index is 12.3. The lowest BCUT2D eigenvalue weighted by atomic mass is 9.98. The van der Waals surface area contributed by atoms with Crippen LogP contribution in [0.3, 0.4) is 0 Å². The minimum Gasteiger partial charge on any atom is -0.465 e. The van der Waals surface area contributed by atoms with Gasteiger partial charge in [-0.3, -0.25) is 0 Å². The van der Waals surface area contributed by atoms with Gasteiger partial charge in [0, 0.05) is 49.9 Å². The van der Waals surface area contributed by atoms with Crippen LogP contribution in [0.5, 0.6) is 0 Å². The molecule has 8 bridgehead atoms. The molecule has 0 saturated heterocycles. The van der Waals surface area contributed by atoms with E-state index >= 15 is 0 Å². The van der Waals surface area contributed by atoms with Crippen molar-refractivity contribution in [2.75, 3.05) is 7.11 Å². The third-order valence-corrected chi connectivity index (χ3v) is 11.9. The average Bonchev–Trinajstić information content (AvgIpc) is 4.16. The van der Waals surface area contributed by atoms with Gasteiger partial charge >= 0.3 is 5.97 Å². The maximum Gasteiger partial charge on any atom is 0.337 e. The van der Waals surface area contributed by atoms with Crippen LogP contribution in [0.15, 0.2) is 146 Å². The number of esters is 1. The first-order valence-corrected chi connectivity index (χ1v) is 21.4. The molecule has 2 aliphatic heterocycles. The first-order chi connectivity index (χ1) is 31.2. The summed E-state index contributed by atoms with van der Waals surface area (Å²) in [6.07, 6.45) is 6.37. The van der Waals surface area contributed by atoms with Gasteiger partial charge in [0.1, 0.15) is 0 Å². The number of nitrogens with one attached hydrogen (secondary N) is 2. The highest BCUT2D eigenvalue weighted by atomic mass is 16.5. The summed E-state index contributed by atoms with van der Waals surface area (Å²) in [5.41, 5.74) is 21.6. The third kappa shape index (κ3) is 7.65. The van der Waals surface area contributed by atoms with E-state index in [9.17, 15) is 4.79 Å². The Bertz CT molecular complexity index is 3430. The van der Waals surface area contributed by atoms with Gasteiger partial charge in [-0.15, -0.1) is 0 Å². The molecule has 0 spiro atoms. The number of aromatic nitrogens is 4. The van der Waals surface area contributed by atoms with E-state index in [1.165, 1.54) is 18.2 Å². The van der Waals surface area contributed by atoms with Crippen LogP contribution in [-0.4, -0.2) is 33.0 Å². The normalized spacial score (nSPS) is 11.8. The van der Waals surface area contributed by atoms with Crippen LogP contribution < -0.4 is 0 Å². The summed E-state index contributed by atoms with van der Waals surface area (Å²) in [6, 6.07) is 50.2. The average molecular weight is 829 g/mol. The van der Waals surface area contributed by atoms with Gasteiger partial charge in [-0.2, -0.15) is 0 Å². The number of fused-ring (bicyclic) bond motifs is 8. The topological polar surface area (TPSA) is 83.7 Å². The van der Waals surface area contributed by atoms with Gasteiger partial charge in [-0.1, -0.05) is 131 Å². The van der Waals surface area contributed by atoms with E-state index in [0.29, 0.717) is 5.56 Å². The van der Waals surface area contributed by atoms with Crippen LogP contribution in [0.4, 0.5) is 0 Å². The first kappa shape index (κ1) is 39.8. The van der Waals surface area contributed by atoms with Crippen molar-refractivity contribution >= 4 is 51.8 Å². The number of rotatable bonds is 5. The molecule has 8 aromatic rings.